The minimum absolute atomic E-state index is 0.0703. The minimum Gasteiger partial charge on any atom is -0.497 e. The quantitative estimate of drug-likeness (QED) is 0.858. The highest BCUT2D eigenvalue weighted by molar-refractivity contribution is 5.99. The van der Waals surface area contributed by atoms with Crippen molar-refractivity contribution in [1.29, 1.82) is 0 Å². The summed E-state index contributed by atoms with van der Waals surface area (Å²) >= 11 is 0. The van der Waals surface area contributed by atoms with Gasteiger partial charge >= 0.3 is 0 Å². The summed E-state index contributed by atoms with van der Waals surface area (Å²) in [7, 11) is 1.62. The summed E-state index contributed by atoms with van der Waals surface area (Å²) in [5, 5.41) is 5.73. The van der Waals surface area contributed by atoms with E-state index in [0.717, 1.165) is 17.0 Å². The molecule has 0 radical (unpaired) electrons. The minimum atomic E-state index is -0.235. The molecular formula is C19H20N2O3. The zero-order valence-electron chi connectivity index (χ0n) is 13.5. The topological polar surface area (TPSA) is 67.4 Å². The number of methoxy groups -OCH3 is 1. The van der Waals surface area contributed by atoms with Crippen LogP contribution < -0.4 is 15.4 Å². The van der Waals surface area contributed by atoms with Crippen LogP contribution in [0.4, 0.5) is 5.69 Å². The molecule has 2 unspecified atom stereocenters. The van der Waals surface area contributed by atoms with Crippen molar-refractivity contribution in [2.24, 2.45) is 11.8 Å². The van der Waals surface area contributed by atoms with E-state index in [4.69, 9.17) is 4.74 Å². The Hall–Kier alpha value is -2.82. The maximum atomic E-state index is 12.2. The number of ether oxygens (including phenoxy) is 1. The fourth-order valence-electron chi connectivity index (χ4n) is 2.59. The van der Waals surface area contributed by atoms with Crippen LogP contribution in [-0.4, -0.2) is 18.9 Å². The number of anilines is 1. The molecule has 2 atom stereocenters. The molecule has 0 bridgehead atoms. The first kappa shape index (κ1) is 16.1. The smallest absolute Gasteiger partial charge is 0.228 e. The molecule has 1 fully saturated rings. The van der Waals surface area contributed by atoms with E-state index >= 15 is 0 Å². The monoisotopic (exact) mass is 324 g/mol. The second kappa shape index (κ2) is 7.17. The predicted octanol–water partition coefficient (Wildman–Crippen LogP) is 2.59. The molecule has 124 valence electrons. The van der Waals surface area contributed by atoms with Crippen molar-refractivity contribution in [3.8, 4) is 5.75 Å². The van der Waals surface area contributed by atoms with Gasteiger partial charge < -0.3 is 15.4 Å². The van der Waals surface area contributed by atoms with Crippen molar-refractivity contribution < 1.29 is 14.3 Å². The zero-order chi connectivity index (χ0) is 16.9. The molecule has 1 aliphatic carbocycles. The van der Waals surface area contributed by atoms with Crippen molar-refractivity contribution in [1.82, 2.24) is 5.32 Å². The van der Waals surface area contributed by atoms with Crippen molar-refractivity contribution in [3.05, 3.63) is 60.2 Å². The zero-order valence-corrected chi connectivity index (χ0v) is 13.5. The Morgan fingerprint density at radius 3 is 2.33 bits per heavy atom. The molecular weight excluding hydrogens is 304 g/mol. The highest BCUT2D eigenvalue weighted by atomic mass is 16.5. The van der Waals surface area contributed by atoms with E-state index in [1.807, 2.05) is 54.6 Å². The van der Waals surface area contributed by atoms with E-state index in [1.54, 1.807) is 7.11 Å². The normalized spacial score (nSPS) is 18.5. The summed E-state index contributed by atoms with van der Waals surface area (Å²) in [6.07, 6.45) is 0.604. The number of hydrogen-bond acceptors (Lipinski definition) is 3. The lowest BCUT2D eigenvalue weighted by molar-refractivity contribution is -0.125. The lowest BCUT2D eigenvalue weighted by atomic mass is 10.2. The van der Waals surface area contributed by atoms with Crippen LogP contribution in [0.15, 0.2) is 54.6 Å². The Balaban J connectivity index is 1.46. The van der Waals surface area contributed by atoms with Crippen molar-refractivity contribution in [2.75, 3.05) is 12.4 Å². The average Bonchev–Trinajstić information content (AvgIpc) is 3.42. The van der Waals surface area contributed by atoms with Crippen LogP contribution in [-0.2, 0) is 16.1 Å². The molecule has 2 aromatic carbocycles. The molecule has 1 saturated carbocycles. The van der Waals surface area contributed by atoms with Crippen LogP contribution in [0, 0.1) is 11.8 Å². The number of benzene rings is 2. The predicted molar refractivity (Wildman–Crippen MR) is 91.5 cm³/mol. The van der Waals surface area contributed by atoms with Gasteiger partial charge in [-0.25, -0.2) is 0 Å². The highest BCUT2D eigenvalue weighted by Crippen LogP contribution is 2.39. The van der Waals surface area contributed by atoms with Gasteiger partial charge in [-0.05, 0) is 36.2 Å². The van der Waals surface area contributed by atoms with Gasteiger partial charge in [-0.3, -0.25) is 9.59 Å². The Morgan fingerprint density at radius 1 is 1.00 bits per heavy atom. The Morgan fingerprint density at radius 2 is 1.67 bits per heavy atom. The standard InChI is InChI=1S/C19H20N2O3/c1-24-15-9-7-13(8-10-15)12-20-18(22)16-11-17(16)19(23)21-14-5-3-2-4-6-14/h2-10,16-17H,11-12H2,1H3,(H,20,22)(H,21,23). The van der Waals surface area contributed by atoms with Gasteiger partial charge in [0, 0.05) is 12.2 Å². The molecule has 5 nitrogen and oxygen atoms in total. The number of amides is 2. The molecule has 2 amide bonds. The summed E-state index contributed by atoms with van der Waals surface area (Å²) in [5.41, 5.74) is 1.75. The molecule has 0 aliphatic heterocycles. The van der Waals surface area contributed by atoms with Gasteiger partial charge in [0.1, 0.15) is 5.75 Å². The van der Waals surface area contributed by atoms with E-state index in [-0.39, 0.29) is 23.7 Å². The van der Waals surface area contributed by atoms with Crippen LogP contribution in [0.5, 0.6) is 5.75 Å². The van der Waals surface area contributed by atoms with Crippen molar-refractivity contribution in [2.45, 2.75) is 13.0 Å². The first-order valence-corrected chi connectivity index (χ1v) is 7.94. The maximum absolute atomic E-state index is 12.2. The Labute approximate surface area is 141 Å². The largest absolute Gasteiger partial charge is 0.497 e. The van der Waals surface area contributed by atoms with Gasteiger partial charge in [0.25, 0.3) is 0 Å². The summed E-state index contributed by atoms with van der Waals surface area (Å²) in [6.45, 7) is 0.451. The number of para-hydroxylation sites is 1. The number of carbonyl (C=O) groups excluding carboxylic acids is 2. The first-order valence-electron chi connectivity index (χ1n) is 7.94. The number of hydrogen-bond donors (Lipinski definition) is 2. The second-order valence-corrected chi connectivity index (χ2v) is 5.87. The number of nitrogens with one attached hydrogen (secondary N) is 2. The fourth-order valence-corrected chi connectivity index (χ4v) is 2.59. The summed E-state index contributed by atoms with van der Waals surface area (Å²) in [6, 6.07) is 16.8. The number of carbonyl (C=O) groups is 2. The lowest BCUT2D eigenvalue weighted by Gasteiger charge is -2.07. The van der Waals surface area contributed by atoms with Crippen LogP contribution >= 0.6 is 0 Å². The molecule has 3 rings (SSSR count). The van der Waals surface area contributed by atoms with E-state index in [9.17, 15) is 9.59 Å². The molecule has 0 heterocycles. The SMILES string of the molecule is COc1ccc(CNC(=O)C2CC2C(=O)Nc2ccccc2)cc1. The van der Waals surface area contributed by atoms with Gasteiger partial charge in [0.15, 0.2) is 0 Å². The molecule has 1 aliphatic rings. The Kier molecular flexibility index (Phi) is 4.79. The molecule has 24 heavy (non-hydrogen) atoms. The van der Waals surface area contributed by atoms with Crippen LogP contribution in [0.3, 0.4) is 0 Å². The number of rotatable bonds is 6. The average molecular weight is 324 g/mol. The molecule has 2 aromatic rings. The third-order valence-electron chi connectivity index (χ3n) is 4.13. The molecule has 0 saturated heterocycles. The van der Waals surface area contributed by atoms with E-state index in [2.05, 4.69) is 10.6 Å². The highest BCUT2D eigenvalue weighted by Gasteiger charge is 2.47. The van der Waals surface area contributed by atoms with Gasteiger partial charge in [0.05, 0.1) is 18.9 Å². The second-order valence-electron chi connectivity index (χ2n) is 5.87. The van der Waals surface area contributed by atoms with Gasteiger partial charge in [-0.2, -0.15) is 0 Å². The van der Waals surface area contributed by atoms with Crippen molar-refractivity contribution in [3.63, 3.8) is 0 Å². The van der Waals surface area contributed by atoms with Crippen molar-refractivity contribution >= 4 is 17.5 Å². The fraction of sp³-hybridized carbons (Fsp3) is 0.263. The molecule has 2 N–H and O–H groups in total. The molecule has 0 spiro atoms. The first-order chi connectivity index (χ1) is 11.7. The van der Waals surface area contributed by atoms with Gasteiger partial charge in [-0.1, -0.05) is 30.3 Å². The van der Waals surface area contributed by atoms with Gasteiger partial charge in [0.2, 0.25) is 11.8 Å². The maximum Gasteiger partial charge on any atom is 0.228 e. The van der Waals surface area contributed by atoms with E-state index < -0.39 is 0 Å². The third kappa shape index (κ3) is 3.93. The summed E-state index contributed by atoms with van der Waals surface area (Å²) in [5.74, 6) is 0.155. The summed E-state index contributed by atoms with van der Waals surface area (Å²) in [4.78, 5) is 24.3. The van der Waals surface area contributed by atoms with Gasteiger partial charge in [-0.15, -0.1) is 0 Å². The van der Waals surface area contributed by atoms with E-state index in [0.29, 0.717) is 13.0 Å². The third-order valence-corrected chi connectivity index (χ3v) is 4.13. The summed E-state index contributed by atoms with van der Waals surface area (Å²) < 4.78 is 5.10. The van der Waals surface area contributed by atoms with Crippen LogP contribution in [0.25, 0.3) is 0 Å². The molecule has 0 aromatic heterocycles. The van der Waals surface area contributed by atoms with Crippen LogP contribution in [0.1, 0.15) is 12.0 Å². The van der Waals surface area contributed by atoms with Crippen LogP contribution in [0.2, 0.25) is 0 Å². The lowest BCUT2D eigenvalue weighted by Crippen LogP contribution is -2.27. The van der Waals surface area contributed by atoms with E-state index in [1.165, 1.54) is 0 Å². The molecule has 5 heteroatoms. The Bertz CT molecular complexity index is 713.